The normalized spacial score (nSPS) is 18.8. The van der Waals surface area contributed by atoms with Gasteiger partial charge in [-0.3, -0.25) is 4.79 Å². The van der Waals surface area contributed by atoms with E-state index in [1.54, 1.807) is 18.2 Å². The Hall–Kier alpha value is -1.06. The zero-order valence-electron chi connectivity index (χ0n) is 10.2. The summed E-state index contributed by atoms with van der Waals surface area (Å²) in [5.41, 5.74) is 0.500. The molecule has 3 nitrogen and oxygen atoms in total. The summed E-state index contributed by atoms with van der Waals surface area (Å²) in [7, 11) is 0. The van der Waals surface area contributed by atoms with Crippen LogP contribution in [0.3, 0.4) is 0 Å². The Balaban J connectivity index is 1.77. The summed E-state index contributed by atoms with van der Waals surface area (Å²) in [6.07, 6.45) is 5.43. The number of rotatable bonds is 6. The van der Waals surface area contributed by atoms with Crippen LogP contribution in [0.2, 0.25) is 5.02 Å². The predicted molar refractivity (Wildman–Crippen MR) is 70.5 cm³/mol. The Labute approximate surface area is 112 Å². The van der Waals surface area contributed by atoms with E-state index in [1.807, 2.05) is 0 Å². The molecule has 18 heavy (non-hydrogen) atoms. The van der Waals surface area contributed by atoms with Crippen LogP contribution >= 0.6 is 11.6 Å². The first-order valence-corrected chi connectivity index (χ1v) is 6.66. The predicted octanol–water partition coefficient (Wildman–Crippen LogP) is 3.49. The van der Waals surface area contributed by atoms with Crippen LogP contribution in [0.5, 0.6) is 5.75 Å². The number of ether oxygens (including phenoxy) is 2. The zero-order chi connectivity index (χ0) is 12.8. The zero-order valence-corrected chi connectivity index (χ0v) is 11.0. The molecule has 0 saturated carbocycles. The van der Waals surface area contributed by atoms with Gasteiger partial charge in [-0.2, -0.15) is 0 Å². The summed E-state index contributed by atoms with van der Waals surface area (Å²) < 4.78 is 11.1. The summed E-state index contributed by atoms with van der Waals surface area (Å²) in [5.74, 6) is 0.599. The number of carbonyl (C=O) groups is 1. The van der Waals surface area contributed by atoms with E-state index in [0.717, 1.165) is 38.6 Å². The van der Waals surface area contributed by atoms with E-state index in [9.17, 15) is 4.79 Å². The highest BCUT2D eigenvalue weighted by molar-refractivity contribution is 6.30. The van der Waals surface area contributed by atoms with Crippen molar-refractivity contribution in [1.82, 2.24) is 0 Å². The van der Waals surface area contributed by atoms with Crippen LogP contribution in [0.15, 0.2) is 18.2 Å². The second-order valence-electron chi connectivity index (χ2n) is 4.43. The largest absolute Gasteiger partial charge is 0.493 e. The summed E-state index contributed by atoms with van der Waals surface area (Å²) in [6.45, 7) is 1.49. The quantitative estimate of drug-likeness (QED) is 0.585. The minimum atomic E-state index is 0.393. The summed E-state index contributed by atoms with van der Waals surface area (Å²) >= 11 is 5.81. The topological polar surface area (TPSA) is 35.5 Å². The molecule has 0 bridgehead atoms. The molecule has 0 aromatic heterocycles. The van der Waals surface area contributed by atoms with Crippen LogP contribution in [0.25, 0.3) is 0 Å². The van der Waals surface area contributed by atoms with Gasteiger partial charge in [-0.1, -0.05) is 11.6 Å². The second-order valence-corrected chi connectivity index (χ2v) is 4.86. The molecule has 1 aliphatic heterocycles. The molecule has 4 heteroatoms. The SMILES string of the molecule is O=Cc1cc(Cl)ccc1OCCCC1CCCO1. The van der Waals surface area contributed by atoms with Crippen molar-refractivity contribution >= 4 is 17.9 Å². The first kappa shape index (κ1) is 13.4. The van der Waals surface area contributed by atoms with Gasteiger partial charge in [0.05, 0.1) is 18.3 Å². The van der Waals surface area contributed by atoms with E-state index in [1.165, 1.54) is 0 Å². The summed E-state index contributed by atoms with van der Waals surface area (Å²) in [6, 6.07) is 5.08. The van der Waals surface area contributed by atoms with Gasteiger partial charge < -0.3 is 9.47 Å². The van der Waals surface area contributed by atoms with E-state index in [-0.39, 0.29) is 0 Å². The molecule has 0 amide bonds. The molecule has 1 saturated heterocycles. The molecule has 0 aliphatic carbocycles. The molecular weight excluding hydrogens is 252 g/mol. The fourth-order valence-corrected chi connectivity index (χ4v) is 2.29. The lowest BCUT2D eigenvalue weighted by Crippen LogP contribution is -2.08. The number of benzene rings is 1. The first-order chi connectivity index (χ1) is 8.79. The Morgan fingerprint density at radius 3 is 3.11 bits per heavy atom. The van der Waals surface area contributed by atoms with Crippen molar-refractivity contribution < 1.29 is 14.3 Å². The third-order valence-electron chi connectivity index (χ3n) is 3.05. The average molecular weight is 269 g/mol. The molecule has 1 atom stereocenters. The van der Waals surface area contributed by atoms with Gasteiger partial charge in [0, 0.05) is 11.6 Å². The first-order valence-electron chi connectivity index (χ1n) is 6.29. The number of halogens is 1. The molecule has 1 aromatic rings. The smallest absolute Gasteiger partial charge is 0.153 e. The Morgan fingerprint density at radius 1 is 1.50 bits per heavy atom. The van der Waals surface area contributed by atoms with Crippen molar-refractivity contribution in [2.24, 2.45) is 0 Å². The molecule has 1 aromatic carbocycles. The average Bonchev–Trinajstić information content (AvgIpc) is 2.89. The van der Waals surface area contributed by atoms with Crippen molar-refractivity contribution in [2.75, 3.05) is 13.2 Å². The maximum atomic E-state index is 10.9. The second kappa shape index (κ2) is 6.76. The highest BCUT2D eigenvalue weighted by atomic mass is 35.5. The van der Waals surface area contributed by atoms with E-state index >= 15 is 0 Å². The molecule has 0 radical (unpaired) electrons. The summed E-state index contributed by atoms with van der Waals surface area (Å²) in [4.78, 5) is 10.9. The van der Waals surface area contributed by atoms with Gasteiger partial charge >= 0.3 is 0 Å². The van der Waals surface area contributed by atoms with Gasteiger partial charge in [0.15, 0.2) is 6.29 Å². The van der Waals surface area contributed by atoms with Crippen molar-refractivity contribution in [3.63, 3.8) is 0 Å². The molecule has 0 spiro atoms. The van der Waals surface area contributed by atoms with Gasteiger partial charge in [-0.05, 0) is 43.9 Å². The molecule has 1 fully saturated rings. The molecule has 98 valence electrons. The van der Waals surface area contributed by atoms with Gasteiger partial charge in [-0.25, -0.2) is 0 Å². The van der Waals surface area contributed by atoms with Crippen molar-refractivity contribution in [1.29, 1.82) is 0 Å². The van der Waals surface area contributed by atoms with Gasteiger partial charge in [0.1, 0.15) is 5.75 Å². The lowest BCUT2D eigenvalue weighted by atomic mass is 10.1. The van der Waals surface area contributed by atoms with Crippen LogP contribution in [-0.2, 0) is 4.74 Å². The Kier molecular flexibility index (Phi) is 5.02. The Bertz CT molecular complexity index is 400. The fraction of sp³-hybridized carbons (Fsp3) is 0.500. The third-order valence-corrected chi connectivity index (χ3v) is 3.29. The van der Waals surface area contributed by atoms with E-state index < -0.39 is 0 Å². The minimum absolute atomic E-state index is 0.393. The van der Waals surface area contributed by atoms with Crippen LogP contribution < -0.4 is 4.74 Å². The molecule has 1 unspecified atom stereocenters. The highest BCUT2D eigenvalue weighted by Crippen LogP contribution is 2.22. The standard InChI is InChI=1S/C14H17ClO3/c15-12-5-6-14(11(9-12)10-16)18-8-2-4-13-3-1-7-17-13/h5-6,9-10,13H,1-4,7-8H2. The number of aldehydes is 1. The van der Waals surface area contributed by atoms with Crippen molar-refractivity contribution in [3.05, 3.63) is 28.8 Å². The lowest BCUT2D eigenvalue weighted by molar-refractivity contribution is 0.0979. The highest BCUT2D eigenvalue weighted by Gasteiger charge is 2.14. The third kappa shape index (κ3) is 3.72. The van der Waals surface area contributed by atoms with Crippen LogP contribution in [0.4, 0.5) is 0 Å². The lowest BCUT2D eigenvalue weighted by Gasteiger charge is -2.11. The number of hydrogen-bond donors (Lipinski definition) is 0. The monoisotopic (exact) mass is 268 g/mol. The molecule has 1 heterocycles. The number of hydrogen-bond acceptors (Lipinski definition) is 3. The van der Waals surface area contributed by atoms with Crippen LogP contribution in [-0.4, -0.2) is 25.6 Å². The molecular formula is C14H17ClO3. The summed E-state index contributed by atoms with van der Waals surface area (Å²) in [5, 5.41) is 0.545. The minimum Gasteiger partial charge on any atom is -0.493 e. The van der Waals surface area contributed by atoms with Crippen LogP contribution in [0.1, 0.15) is 36.0 Å². The number of carbonyl (C=O) groups excluding carboxylic acids is 1. The van der Waals surface area contributed by atoms with Gasteiger partial charge in [-0.15, -0.1) is 0 Å². The molecule has 2 rings (SSSR count). The van der Waals surface area contributed by atoms with Gasteiger partial charge in [0.2, 0.25) is 0 Å². The maximum Gasteiger partial charge on any atom is 0.153 e. The maximum absolute atomic E-state index is 10.9. The van der Waals surface area contributed by atoms with Gasteiger partial charge in [0.25, 0.3) is 0 Å². The van der Waals surface area contributed by atoms with E-state index in [4.69, 9.17) is 21.1 Å². The van der Waals surface area contributed by atoms with Crippen molar-refractivity contribution in [2.45, 2.75) is 31.8 Å². The van der Waals surface area contributed by atoms with Crippen LogP contribution in [0, 0.1) is 0 Å². The van der Waals surface area contributed by atoms with E-state index in [0.29, 0.717) is 29.0 Å². The van der Waals surface area contributed by atoms with Crippen molar-refractivity contribution in [3.8, 4) is 5.75 Å². The Morgan fingerprint density at radius 2 is 2.39 bits per heavy atom. The molecule has 0 N–H and O–H groups in total. The van der Waals surface area contributed by atoms with E-state index in [2.05, 4.69) is 0 Å². The molecule has 1 aliphatic rings. The fourth-order valence-electron chi connectivity index (χ4n) is 2.11.